The third kappa shape index (κ3) is 4.25. The second-order valence-electron chi connectivity index (χ2n) is 7.11. The lowest BCUT2D eigenvalue weighted by molar-refractivity contribution is -0.119. The van der Waals surface area contributed by atoms with Crippen LogP contribution in [-0.4, -0.2) is 25.2 Å². The maximum Gasteiger partial charge on any atom is 0.256 e. The number of carbonyl (C=O) groups is 1. The molecule has 0 saturated carbocycles. The minimum atomic E-state index is -0.313. The highest BCUT2D eigenvalue weighted by atomic mass is 16.1. The van der Waals surface area contributed by atoms with Crippen molar-refractivity contribution >= 4 is 29.5 Å². The summed E-state index contributed by atoms with van der Waals surface area (Å²) in [7, 11) is 0. The second kappa shape index (κ2) is 8.17. The van der Waals surface area contributed by atoms with E-state index in [9.17, 15) is 4.79 Å². The molecule has 0 aliphatic carbocycles. The molecular formula is C24H24N2O. The average molecular weight is 356 g/mol. The van der Waals surface area contributed by atoms with Gasteiger partial charge >= 0.3 is 0 Å². The van der Waals surface area contributed by atoms with Crippen LogP contribution in [-0.2, 0) is 4.79 Å². The van der Waals surface area contributed by atoms with E-state index in [-0.39, 0.29) is 11.8 Å². The largest absolute Gasteiger partial charge is 0.372 e. The zero-order chi connectivity index (χ0) is 18.5. The van der Waals surface area contributed by atoms with Gasteiger partial charge in [0.15, 0.2) is 0 Å². The number of aliphatic imine (C=N–C) groups is 1. The van der Waals surface area contributed by atoms with Gasteiger partial charge in [0.1, 0.15) is 0 Å². The van der Waals surface area contributed by atoms with Crippen molar-refractivity contribution in [2.24, 2.45) is 10.9 Å². The van der Waals surface area contributed by atoms with Crippen molar-refractivity contribution in [1.82, 2.24) is 0 Å². The molecule has 1 unspecified atom stereocenters. The SMILES string of the molecule is O=C1N=CC(c2ccccc2)=CC1C=Cc1ccc(N2CCCCC2)cc1. The van der Waals surface area contributed by atoms with Crippen LogP contribution < -0.4 is 4.90 Å². The lowest BCUT2D eigenvalue weighted by Gasteiger charge is -2.28. The van der Waals surface area contributed by atoms with Crippen LogP contribution >= 0.6 is 0 Å². The summed E-state index contributed by atoms with van der Waals surface area (Å²) in [5, 5.41) is 0. The van der Waals surface area contributed by atoms with Crippen molar-refractivity contribution in [3.05, 3.63) is 77.9 Å². The van der Waals surface area contributed by atoms with Crippen LogP contribution in [0.15, 0.2) is 71.7 Å². The molecule has 2 heterocycles. The first-order valence-electron chi connectivity index (χ1n) is 9.68. The molecule has 1 atom stereocenters. The van der Waals surface area contributed by atoms with E-state index < -0.39 is 0 Å². The van der Waals surface area contributed by atoms with Crippen LogP contribution in [0.25, 0.3) is 11.6 Å². The highest BCUT2D eigenvalue weighted by Crippen LogP contribution is 2.23. The highest BCUT2D eigenvalue weighted by molar-refractivity contribution is 6.16. The quantitative estimate of drug-likeness (QED) is 0.772. The van der Waals surface area contributed by atoms with E-state index in [1.165, 1.54) is 24.9 Å². The lowest BCUT2D eigenvalue weighted by atomic mass is 9.96. The number of carbonyl (C=O) groups excluding carboxylic acids is 1. The van der Waals surface area contributed by atoms with Gasteiger partial charge in [0, 0.05) is 25.0 Å². The minimum Gasteiger partial charge on any atom is -0.372 e. The van der Waals surface area contributed by atoms with Gasteiger partial charge in [-0.2, -0.15) is 0 Å². The first kappa shape index (κ1) is 17.5. The second-order valence-corrected chi connectivity index (χ2v) is 7.11. The van der Waals surface area contributed by atoms with Crippen molar-refractivity contribution in [3.63, 3.8) is 0 Å². The Morgan fingerprint density at radius 2 is 1.67 bits per heavy atom. The smallest absolute Gasteiger partial charge is 0.256 e. The summed E-state index contributed by atoms with van der Waals surface area (Å²) in [6.45, 7) is 2.30. The van der Waals surface area contributed by atoms with E-state index >= 15 is 0 Å². The Labute approximate surface area is 160 Å². The molecule has 0 aromatic heterocycles. The molecule has 3 heteroatoms. The number of rotatable bonds is 4. The van der Waals surface area contributed by atoms with Gasteiger partial charge in [0.05, 0.1) is 5.92 Å². The maximum atomic E-state index is 12.2. The van der Waals surface area contributed by atoms with Gasteiger partial charge in [-0.05, 0) is 48.1 Å². The van der Waals surface area contributed by atoms with Crippen LogP contribution in [0.4, 0.5) is 5.69 Å². The Morgan fingerprint density at radius 1 is 0.926 bits per heavy atom. The molecule has 4 rings (SSSR count). The van der Waals surface area contributed by atoms with Crippen molar-refractivity contribution in [1.29, 1.82) is 0 Å². The fourth-order valence-corrected chi connectivity index (χ4v) is 3.63. The molecule has 1 fully saturated rings. The van der Waals surface area contributed by atoms with Crippen LogP contribution in [0, 0.1) is 5.92 Å². The van der Waals surface area contributed by atoms with E-state index in [0.717, 1.165) is 29.8 Å². The number of hydrogen-bond donors (Lipinski definition) is 0. The number of amides is 1. The third-order valence-electron chi connectivity index (χ3n) is 5.19. The monoisotopic (exact) mass is 356 g/mol. The molecule has 136 valence electrons. The van der Waals surface area contributed by atoms with E-state index in [1.807, 2.05) is 48.6 Å². The fourth-order valence-electron chi connectivity index (χ4n) is 3.63. The predicted molar refractivity (Wildman–Crippen MR) is 113 cm³/mol. The van der Waals surface area contributed by atoms with Crippen LogP contribution in [0.1, 0.15) is 30.4 Å². The molecule has 0 N–H and O–H groups in total. The van der Waals surface area contributed by atoms with Crippen molar-refractivity contribution in [3.8, 4) is 0 Å². The van der Waals surface area contributed by atoms with Gasteiger partial charge in [-0.15, -0.1) is 0 Å². The Morgan fingerprint density at radius 3 is 2.41 bits per heavy atom. The van der Waals surface area contributed by atoms with Crippen molar-refractivity contribution in [2.45, 2.75) is 19.3 Å². The summed E-state index contributed by atoms with van der Waals surface area (Å²) >= 11 is 0. The average Bonchev–Trinajstić information content (AvgIpc) is 2.75. The topological polar surface area (TPSA) is 32.7 Å². The van der Waals surface area contributed by atoms with Gasteiger partial charge in [-0.1, -0.05) is 60.7 Å². The van der Waals surface area contributed by atoms with Crippen molar-refractivity contribution < 1.29 is 4.79 Å². The Bertz CT molecular complexity index is 872. The summed E-state index contributed by atoms with van der Waals surface area (Å²) in [5.74, 6) is -0.428. The van der Waals surface area contributed by atoms with Gasteiger partial charge < -0.3 is 4.90 Å². The summed E-state index contributed by atoms with van der Waals surface area (Å²) in [4.78, 5) is 18.7. The number of hydrogen-bond acceptors (Lipinski definition) is 2. The first-order valence-corrected chi connectivity index (χ1v) is 9.68. The number of piperidine rings is 1. The van der Waals surface area contributed by atoms with Gasteiger partial charge in [0.2, 0.25) is 0 Å². The number of dihydropyridines is 1. The van der Waals surface area contributed by atoms with Crippen molar-refractivity contribution in [2.75, 3.05) is 18.0 Å². The number of nitrogens with zero attached hydrogens (tertiary/aromatic N) is 2. The summed E-state index contributed by atoms with van der Waals surface area (Å²) in [6, 6.07) is 18.7. The summed E-state index contributed by atoms with van der Waals surface area (Å²) < 4.78 is 0. The van der Waals surface area contributed by atoms with Crippen LogP contribution in [0.3, 0.4) is 0 Å². The number of benzene rings is 2. The zero-order valence-electron chi connectivity index (χ0n) is 15.4. The van der Waals surface area contributed by atoms with E-state index in [2.05, 4.69) is 34.2 Å². The third-order valence-corrected chi connectivity index (χ3v) is 5.19. The van der Waals surface area contributed by atoms with Gasteiger partial charge in [0.25, 0.3) is 5.91 Å². The van der Waals surface area contributed by atoms with Gasteiger partial charge in [-0.3, -0.25) is 4.79 Å². The normalized spacial score (nSPS) is 20.1. The molecule has 2 aromatic rings. The molecule has 0 spiro atoms. The molecule has 2 aliphatic rings. The zero-order valence-corrected chi connectivity index (χ0v) is 15.4. The molecule has 2 aromatic carbocycles. The molecule has 0 radical (unpaired) electrons. The standard InChI is InChI=1S/C24H24N2O/c27-24-21(17-22(18-25-24)20-7-3-1-4-8-20)12-9-19-10-13-23(14-11-19)26-15-5-2-6-16-26/h1,3-4,7-14,17-18,21H,2,5-6,15-16H2. The Hall–Kier alpha value is -2.94. The highest BCUT2D eigenvalue weighted by Gasteiger charge is 2.17. The molecule has 27 heavy (non-hydrogen) atoms. The van der Waals surface area contributed by atoms with Crippen LogP contribution in [0.5, 0.6) is 0 Å². The predicted octanol–water partition coefficient (Wildman–Crippen LogP) is 5.00. The van der Waals surface area contributed by atoms with E-state index in [0.29, 0.717) is 0 Å². The Kier molecular flexibility index (Phi) is 5.29. The molecule has 0 bridgehead atoms. The molecule has 2 aliphatic heterocycles. The fraction of sp³-hybridized carbons (Fsp3) is 0.250. The molecule has 1 saturated heterocycles. The van der Waals surface area contributed by atoms with Gasteiger partial charge in [-0.25, -0.2) is 4.99 Å². The Balaban J connectivity index is 1.47. The lowest BCUT2D eigenvalue weighted by Crippen LogP contribution is -2.29. The summed E-state index contributed by atoms with van der Waals surface area (Å²) in [5.41, 5.74) is 4.47. The minimum absolute atomic E-state index is 0.115. The van der Waals surface area contributed by atoms with E-state index in [1.54, 1.807) is 6.21 Å². The van der Waals surface area contributed by atoms with E-state index in [4.69, 9.17) is 0 Å². The summed E-state index contributed by atoms with van der Waals surface area (Å²) in [6.07, 6.45) is 11.5. The molecule has 3 nitrogen and oxygen atoms in total. The first-order chi connectivity index (χ1) is 13.3. The maximum absolute atomic E-state index is 12.2. The van der Waals surface area contributed by atoms with Crippen LogP contribution in [0.2, 0.25) is 0 Å². The molecular weight excluding hydrogens is 332 g/mol. The number of allylic oxidation sites excluding steroid dienone is 1. The number of anilines is 1. The molecule has 1 amide bonds.